The molecule has 31 heavy (non-hydrogen) atoms. The van der Waals surface area contributed by atoms with Gasteiger partial charge >= 0.3 is 13.8 Å². The number of cyclic esters (lactones) is 1. The number of carbonyl (C=O) groups is 1. The summed E-state index contributed by atoms with van der Waals surface area (Å²) in [5.74, 6) is 0.544. The number of unbranched alkanes of at least 4 members (excludes halogenated alkanes) is 10. The van der Waals surface area contributed by atoms with Crippen LogP contribution in [0.15, 0.2) is 11.3 Å². The third-order valence-electron chi connectivity index (χ3n) is 6.39. The maximum atomic E-state index is 12.7. The number of carbonyl (C=O) groups excluding carboxylic acids is 1. The Kier molecular flexibility index (Phi) is 12.2. The van der Waals surface area contributed by atoms with Crippen molar-refractivity contribution in [3.05, 3.63) is 11.3 Å². The van der Waals surface area contributed by atoms with Crippen LogP contribution in [0.5, 0.6) is 0 Å². The second kappa shape index (κ2) is 14.3. The van der Waals surface area contributed by atoms with Crippen LogP contribution < -0.4 is 0 Å². The van der Waals surface area contributed by atoms with E-state index >= 15 is 0 Å². The van der Waals surface area contributed by atoms with E-state index in [1.165, 1.54) is 70.6 Å². The minimum atomic E-state index is -3.65. The Hall–Kier alpha value is -0.840. The van der Waals surface area contributed by atoms with Gasteiger partial charge in [-0.05, 0) is 19.3 Å². The van der Waals surface area contributed by atoms with Crippen molar-refractivity contribution in [1.29, 1.82) is 0 Å². The first-order valence-electron chi connectivity index (χ1n) is 12.4. The number of allylic oxidation sites excluding steroid dienone is 1. The van der Waals surface area contributed by atoms with Gasteiger partial charge < -0.3 is 9.26 Å². The predicted octanol–water partition coefficient (Wildman–Crippen LogP) is 7.33. The number of phosphoric acid groups is 1. The van der Waals surface area contributed by atoms with Crippen LogP contribution >= 0.6 is 7.82 Å². The van der Waals surface area contributed by atoms with Crippen LogP contribution in [0.25, 0.3) is 0 Å². The van der Waals surface area contributed by atoms with E-state index in [0.717, 1.165) is 18.8 Å². The molecule has 0 spiro atoms. The van der Waals surface area contributed by atoms with Crippen LogP contribution in [0.2, 0.25) is 0 Å². The molecular weight excluding hydrogens is 415 g/mol. The van der Waals surface area contributed by atoms with Crippen molar-refractivity contribution >= 4 is 13.8 Å². The van der Waals surface area contributed by atoms with Gasteiger partial charge in [-0.3, -0.25) is 9.05 Å². The van der Waals surface area contributed by atoms with Crippen molar-refractivity contribution in [3.63, 3.8) is 0 Å². The van der Waals surface area contributed by atoms with E-state index in [2.05, 4.69) is 13.8 Å². The molecule has 3 atom stereocenters. The summed E-state index contributed by atoms with van der Waals surface area (Å²) in [5, 5.41) is 0. The van der Waals surface area contributed by atoms with E-state index < -0.39 is 13.8 Å². The zero-order valence-electron chi connectivity index (χ0n) is 19.9. The van der Waals surface area contributed by atoms with Gasteiger partial charge in [0.1, 0.15) is 12.4 Å². The molecule has 180 valence electrons. The van der Waals surface area contributed by atoms with Gasteiger partial charge in [0.2, 0.25) is 0 Å². The predicted molar refractivity (Wildman–Crippen MR) is 123 cm³/mol. The third kappa shape index (κ3) is 9.67. The van der Waals surface area contributed by atoms with E-state index in [1.54, 1.807) is 6.92 Å². The molecular formula is C24H43O6P. The summed E-state index contributed by atoms with van der Waals surface area (Å²) in [6.45, 7) is 6.95. The van der Waals surface area contributed by atoms with Crippen LogP contribution in [-0.2, 0) is 27.7 Å². The molecule has 0 radical (unpaired) electrons. The van der Waals surface area contributed by atoms with E-state index in [4.69, 9.17) is 18.3 Å². The van der Waals surface area contributed by atoms with E-state index in [9.17, 15) is 9.36 Å². The number of esters is 1. The quantitative estimate of drug-likeness (QED) is 0.137. The molecule has 2 aliphatic heterocycles. The van der Waals surface area contributed by atoms with Gasteiger partial charge in [-0.2, -0.15) is 0 Å². The SMILES string of the molecule is CCC(C)CCCCCCCCCCCCCO[P@]1(=O)OC[C@H]2COC(=O)C2=C(C)O1. The minimum absolute atomic E-state index is 0.119. The first kappa shape index (κ1) is 26.4. The topological polar surface area (TPSA) is 71.1 Å². The molecule has 0 aromatic rings. The fourth-order valence-electron chi connectivity index (χ4n) is 4.12. The molecule has 1 fully saturated rings. The molecule has 0 saturated carbocycles. The number of hydrogen-bond acceptors (Lipinski definition) is 6. The Morgan fingerprint density at radius 3 is 2.16 bits per heavy atom. The average molecular weight is 459 g/mol. The van der Waals surface area contributed by atoms with Gasteiger partial charge in [0.15, 0.2) is 0 Å². The van der Waals surface area contributed by atoms with Crippen molar-refractivity contribution in [1.82, 2.24) is 0 Å². The van der Waals surface area contributed by atoms with E-state index in [1.807, 2.05) is 0 Å². The molecule has 0 aromatic carbocycles. The van der Waals surface area contributed by atoms with E-state index in [0.29, 0.717) is 17.9 Å². The normalized spacial score (nSPS) is 24.5. The largest absolute Gasteiger partial charge is 0.529 e. The standard InChI is InChI=1S/C24H43O6P/c1-4-20(2)16-14-12-10-8-6-5-7-9-11-13-15-17-28-31(26)29-19-22-18-27-24(25)23(22)21(3)30-31/h20,22H,4-19H2,1-3H3/t20?,22-,31-/m1/s1. The van der Waals surface area contributed by atoms with Crippen LogP contribution in [0.4, 0.5) is 0 Å². The zero-order valence-corrected chi connectivity index (χ0v) is 20.8. The Morgan fingerprint density at radius 1 is 0.968 bits per heavy atom. The molecule has 0 amide bonds. The molecule has 0 N–H and O–H groups in total. The average Bonchev–Trinajstić information content (AvgIpc) is 3.06. The van der Waals surface area contributed by atoms with Crippen molar-refractivity contribution < 1.29 is 27.7 Å². The van der Waals surface area contributed by atoms with Crippen LogP contribution in [0.1, 0.15) is 104 Å². The first-order chi connectivity index (χ1) is 14.9. The molecule has 2 aliphatic rings. The minimum Gasteiger partial charge on any atom is -0.461 e. The Morgan fingerprint density at radius 2 is 1.55 bits per heavy atom. The monoisotopic (exact) mass is 458 g/mol. The van der Waals surface area contributed by atoms with Gasteiger partial charge in [0.05, 0.1) is 24.7 Å². The molecule has 0 aromatic heterocycles. The molecule has 7 heteroatoms. The van der Waals surface area contributed by atoms with Gasteiger partial charge in [0.25, 0.3) is 0 Å². The summed E-state index contributed by atoms with van der Waals surface area (Å²) in [5.41, 5.74) is 0.424. The van der Waals surface area contributed by atoms with Crippen LogP contribution in [-0.4, -0.2) is 25.8 Å². The first-order valence-corrected chi connectivity index (χ1v) is 13.9. The number of fused-ring (bicyclic) bond motifs is 1. The summed E-state index contributed by atoms with van der Waals surface area (Å²) in [6.07, 6.45) is 16.5. The summed E-state index contributed by atoms with van der Waals surface area (Å²) in [4.78, 5) is 11.8. The maximum Gasteiger partial charge on any atom is 0.529 e. The van der Waals surface area contributed by atoms with Gasteiger partial charge in [-0.1, -0.05) is 90.9 Å². The lowest BCUT2D eigenvalue weighted by Crippen LogP contribution is -2.10. The molecule has 2 heterocycles. The van der Waals surface area contributed by atoms with Gasteiger partial charge in [-0.15, -0.1) is 0 Å². The fraction of sp³-hybridized carbons (Fsp3) is 0.875. The molecule has 1 unspecified atom stereocenters. The van der Waals surface area contributed by atoms with E-state index in [-0.39, 0.29) is 19.1 Å². The molecule has 2 rings (SSSR count). The highest BCUT2D eigenvalue weighted by Crippen LogP contribution is 2.54. The number of hydrogen-bond donors (Lipinski definition) is 0. The number of rotatable bonds is 16. The second-order valence-electron chi connectivity index (χ2n) is 9.12. The Labute approximate surface area is 189 Å². The van der Waals surface area contributed by atoms with Crippen molar-refractivity contribution in [2.75, 3.05) is 19.8 Å². The van der Waals surface area contributed by atoms with Crippen molar-refractivity contribution in [3.8, 4) is 0 Å². The van der Waals surface area contributed by atoms with Crippen LogP contribution in [0.3, 0.4) is 0 Å². The fourth-order valence-corrected chi connectivity index (χ4v) is 5.45. The maximum absolute atomic E-state index is 12.7. The summed E-state index contributed by atoms with van der Waals surface area (Å²) < 4.78 is 33.9. The summed E-state index contributed by atoms with van der Waals surface area (Å²) in [6, 6.07) is 0. The molecule has 0 bridgehead atoms. The Bertz CT molecular complexity index is 617. The molecule has 6 nitrogen and oxygen atoms in total. The number of ether oxygens (including phenoxy) is 1. The number of phosphoric ester groups is 1. The highest BCUT2D eigenvalue weighted by Gasteiger charge is 2.42. The lowest BCUT2D eigenvalue weighted by molar-refractivity contribution is -0.135. The molecule has 1 saturated heterocycles. The van der Waals surface area contributed by atoms with Crippen molar-refractivity contribution in [2.45, 2.75) is 104 Å². The summed E-state index contributed by atoms with van der Waals surface area (Å²) >= 11 is 0. The van der Waals surface area contributed by atoms with Crippen molar-refractivity contribution in [2.24, 2.45) is 11.8 Å². The lowest BCUT2D eigenvalue weighted by Gasteiger charge is -2.17. The lowest BCUT2D eigenvalue weighted by atomic mass is 9.99. The van der Waals surface area contributed by atoms with Crippen LogP contribution in [0, 0.1) is 11.8 Å². The molecule has 0 aliphatic carbocycles. The van der Waals surface area contributed by atoms with Gasteiger partial charge in [0, 0.05) is 0 Å². The Balaban J connectivity index is 1.44. The second-order valence-corrected chi connectivity index (χ2v) is 10.7. The van der Waals surface area contributed by atoms with Gasteiger partial charge in [-0.25, -0.2) is 9.36 Å². The smallest absolute Gasteiger partial charge is 0.461 e. The third-order valence-corrected chi connectivity index (χ3v) is 7.85. The zero-order chi connectivity index (χ0) is 22.5. The summed E-state index contributed by atoms with van der Waals surface area (Å²) in [7, 11) is -3.65. The highest BCUT2D eigenvalue weighted by molar-refractivity contribution is 7.48. The highest BCUT2D eigenvalue weighted by atomic mass is 31.2.